The van der Waals surface area contributed by atoms with E-state index < -0.39 is 26.0 Å². The van der Waals surface area contributed by atoms with E-state index in [1.165, 1.54) is 60.7 Å². The molecule has 1 heterocycles. The van der Waals surface area contributed by atoms with Crippen LogP contribution < -0.4 is 14.7 Å². The Kier molecular flexibility index (Phi) is 7.16. The Morgan fingerprint density at radius 3 is 2.28 bits per heavy atom. The van der Waals surface area contributed by atoms with Crippen molar-refractivity contribution in [3.8, 4) is 0 Å². The zero-order valence-electron chi connectivity index (χ0n) is 18.5. The van der Waals surface area contributed by atoms with Gasteiger partial charge in [-0.3, -0.25) is 9.52 Å². The van der Waals surface area contributed by atoms with Gasteiger partial charge in [-0.2, -0.15) is 4.99 Å². The summed E-state index contributed by atoms with van der Waals surface area (Å²) in [5, 5.41) is 5.64. The zero-order valence-corrected chi connectivity index (χ0v) is 21.7. The summed E-state index contributed by atoms with van der Waals surface area (Å²) >= 11 is 6.94. The molecular weight excluding hydrogens is 544 g/mol. The molecule has 9 nitrogen and oxygen atoms in total. The number of amides is 1. The van der Waals surface area contributed by atoms with E-state index in [0.29, 0.717) is 26.6 Å². The average molecular weight is 563 g/mol. The number of primary sulfonamides is 1. The molecular formula is C23H19ClN4O5S3. The summed E-state index contributed by atoms with van der Waals surface area (Å²) in [6.45, 7) is 4.06. The van der Waals surface area contributed by atoms with Gasteiger partial charge in [-0.05, 0) is 66.7 Å². The minimum Gasteiger partial charge on any atom is -0.312 e. The van der Waals surface area contributed by atoms with Crippen LogP contribution in [-0.2, 0) is 26.6 Å². The molecule has 0 spiro atoms. The van der Waals surface area contributed by atoms with Gasteiger partial charge < -0.3 is 4.57 Å². The van der Waals surface area contributed by atoms with E-state index >= 15 is 0 Å². The normalized spacial score (nSPS) is 12.6. The molecule has 0 radical (unpaired) electrons. The molecule has 1 aromatic heterocycles. The fourth-order valence-corrected chi connectivity index (χ4v) is 6.16. The molecule has 0 fully saturated rings. The number of nitrogens with zero attached hydrogens (tertiary/aromatic N) is 2. The Morgan fingerprint density at radius 1 is 1.03 bits per heavy atom. The fourth-order valence-electron chi connectivity index (χ4n) is 3.28. The third kappa shape index (κ3) is 5.58. The molecule has 0 bridgehead atoms. The highest BCUT2D eigenvalue weighted by Gasteiger charge is 2.16. The largest absolute Gasteiger partial charge is 0.312 e. The zero-order chi connectivity index (χ0) is 26.1. The first-order valence-corrected chi connectivity index (χ1v) is 14.4. The molecule has 0 saturated heterocycles. The van der Waals surface area contributed by atoms with E-state index in [2.05, 4.69) is 16.3 Å². The number of anilines is 1. The molecule has 36 heavy (non-hydrogen) atoms. The number of nitrogens with two attached hydrogens (primary N) is 1. The Morgan fingerprint density at radius 2 is 1.67 bits per heavy atom. The Labute approximate surface area is 216 Å². The van der Waals surface area contributed by atoms with Crippen LogP contribution in [-0.4, -0.2) is 27.3 Å². The van der Waals surface area contributed by atoms with Gasteiger partial charge in [-0.1, -0.05) is 29.0 Å². The van der Waals surface area contributed by atoms with Crippen LogP contribution in [0.15, 0.2) is 94.2 Å². The number of rotatable bonds is 7. The van der Waals surface area contributed by atoms with Crippen molar-refractivity contribution in [1.29, 1.82) is 0 Å². The minimum atomic E-state index is -3.89. The van der Waals surface area contributed by atoms with Crippen molar-refractivity contribution in [3.63, 3.8) is 0 Å². The lowest BCUT2D eigenvalue weighted by Crippen LogP contribution is -2.16. The highest BCUT2D eigenvalue weighted by atomic mass is 35.5. The summed E-state index contributed by atoms with van der Waals surface area (Å²) in [7, 11) is -7.72. The van der Waals surface area contributed by atoms with E-state index in [1.807, 2.05) is 0 Å². The Hall–Kier alpha value is -3.29. The van der Waals surface area contributed by atoms with E-state index in [1.54, 1.807) is 16.7 Å². The summed E-state index contributed by atoms with van der Waals surface area (Å²) in [5.74, 6) is -0.557. The van der Waals surface area contributed by atoms with Gasteiger partial charge in [0.25, 0.3) is 15.9 Å². The second-order valence-corrected chi connectivity index (χ2v) is 12.2. The molecule has 0 atom stereocenters. The van der Waals surface area contributed by atoms with Crippen molar-refractivity contribution < 1.29 is 21.6 Å². The predicted molar refractivity (Wildman–Crippen MR) is 140 cm³/mol. The van der Waals surface area contributed by atoms with Crippen LogP contribution in [0.4, 0.5) is 5.69 Å². The number of hydrogen-bond donors (Lipinski definition) is 2. The number of carbonyl (C=O) groups is 1. The van der Waals surface area contributed by atoms with Crippen LogP contribution in [0.3, 0.4) is 0 Å². The first kappa shape index (κ1) is 25.8. The molecule has 3 aromatic carbocycles. The molecule has 186 valence electrons. The van der Waals surface area contributed by atoms with Gasteiger partial charge in [-0.15, -0.1) is 6.58 Å². The first-order valence-electron chi connectivity index (χ1n) is 10.2. The smallest absolute Gasteiger partial charge is 0.279 e. The van der Waals surface area contributed by atoms with Crippen molar-refractivity contribution in [2.24, 2.45) is 10.1 Å². The molecule has 0 aliphatic rings. The quantitative estimate of drug-likeness (QED) is 0.330. The van der Waals surface area contributed by atoms with Gasteiger partial charge in [0, 0.05) is 22.8 Å². The van der Waals surface area contributed by atoms with Crippen molar-refractivity contribution in [3.05, 3.63) is 94.8 Å². The maximum atomic E-state index is 12.9. The topological polar surface area (TPSA) is 141 Å². The molecule has 4 aromatic rings. The molecule has 0 aliphatic carbocycles. The predicted octanol–water partition coefficient (Wildman–Crippen LogP) is 3.73. The number of fused-ring (bicyclic) bond motifs is 1. The molecule has 4 rings (SSSR count). The minimum absolute atomic E-state index is 0.0449. The number of sulfonamides is 2. The molecule has 1 amide bonds. The lowest BCUT2D eigenvalue weighted by atomic mass is 10.2. The SMILES string of the molecule is C=CCn1c(=NC(=O)c2ccc(NS(=O)(=O)c3ccc(Cl)cc3)cc2)sc2cc(S(N)(=O)=O)ccc21. The second kappa shape index (κ2) is 9.99. The second-order valence-electron chi connectivity index (χ2n) is 7.51. The number of carbonyl (C=O) groups excluding carboxylic acids is 1. The highest BCUT2D eigenvalue weighted by Crippen LogP contribution is 2.22. The maximum Gasteiger partial charge on any atom is 0.279 e. The van der Waals surface area contributed by atoms with E-state index in [4.69, 9.17) is 16.7 Å². The van der Waals surface area contributed by atoms with Crippen molar-refractivity contribution in [2.45, 2.75) is 16.3 Å². The molecule has 3 N–H and O–H groups in total. The monoisotopic (exact) mass is 562 g/mol. The van der Waals surface area contributed by atoms with Gasteiger partial charge in [0.15, 0.2) is 4.80 Å². The van der Waals surface area contributed by atoms with Crippen molar-refractivity contribution in [1.82, 2.24) is 4.57 Å². The number of halogens is 1. The van der Waals surface area contributed by atoms with Crippen LogP contribution in [0, 0.1) is 0 Å². The number of aromatic nitrogens is 1. The number of allylic oxidation sites excluding steroid dienone is 1. The van der Waals surface area contributed by atoms with E-state index in [9.17, 15) is 21.6 Å². The summed E-state index contributed by atoms with van der Waals surface area (Å²) in [5.41, 5.74) is 1.17. The number of nitrogens with one attached hydrogen (secondary N) is 1. The molecule has 0 aliphatic heterocycles. The Bertz CT molecular complexity index is 1760. The van der Waals surface area contributed by atoms with Gasteiger partial charge in [0.05, 0.1) is 20.0 Å². The van der Waals surface area contributed by atoms with Crippen LogP contribution in [0.25, 0.3) is 10.2 Å². The number of hydrogen-bond acceptors (Lipinski definition) is 6. The van der Waals surface area contributed by atoms with Gasteiger partial charge >= 0.3 is 0 Å². The lowest BCUT2D eigenvalue weighted by molar-refractivity contribution is 0.0998. The van der Waals surface area contributed by atoms with Crippen LogP contribution in [0.1, 0.15) is 10.4 Å². The van der Waals surface area contributed by atoms with Gasteiger partial charge in [0.1, 0.15) is 0 Å². The molecule has 13 heteroatoms. The average Bonchev–Trinajstić information content (AvgIpc) is 3.15. The van der Waals surface area contributed by atoms with Crippen molar-refractivity contribution >= 4 is 64.8 Å². The van der Waals surface area contributed by atoms with Gasteiger partial charge in [-0.25, -0.2) is 22.0 Å². The Balaban J connectivity index is 1.63. The molecule has 0 saturated carbocycles. The summed E-state index contributed by atoms with van der Waals surface area (Å²) in [6.07, 6.45) is 1.63. The standard InChI is InChI=1S/C23H19ClN4O5S3/c1-2-13-28-20-12-11-19(35(25,30)31)14-21(20)34-23(28)26-22(29)15-3-7-17(8-4-15)27-36(32,33)18-9-5-16(24)6-10-18/h2-12,14,27H,1,13H2,(H2,25,30,31). The van der Waals surface area contributed by atoms with E-state index in [0.717, 1.165) is 11.3 Å². The summed E-state index contributed by atoms with van der Waals surface area (Å²) in [6, 6.07) is 16.0. The van der Waals surface area contributed by atoms with Gasteiger partial charge in [0.2, 0.25) is 10.0 Å². The summed E-state index contributed by atoms with van der Waals surface area (Å²) < 4.78 is 53.3. The third-order valence-electron chi connectivity index (χ3n) is 5.00. The third-order valence-corrected chi connectivity index (χ3v) is 8.60. The van der Waals surface area contributed by atoms with Crippen LogP contribution in [0.2, 0.25) is 5.02 Å². The first-order chi connectivity index (χ1) is 17.0. The van der Waals surface area contributed by atoms with E-state index in [-0.39, 0.29) is 21.0 Å². The highest BCUT2D eigenvalue weighted by molar-refractivity contribution is 7.92. The van der Waals surface area contributed by atoms with Crippen LogP contribution >= 0.6 is 22.9 Å². The lowest BCUT2D eigenvalue weighted by Gasteiger charge is -2.08. The summed E-state index contributed by atoms with van der Waals surface area (Å²) in [4.78, 5) is 17.4. The van der Waals surface area contributed by atoms with Crippen molar-refractivity contribution in [2.75, 3.05) is 4.72 Å². The van der Waals surface area contributed by atoms with Crippen LogP contribution in [0.5, 0.6) is 0 Å². The number of benzene rings is 3. The maximum absolute atomic E-state index is 12.9. The fraction of sp³-hybridized carbons (Fsp3) is 0.0435. The molecule has 0 unspecified atom stereocenters. The number of thiazole rings is 1.